The number of amides is 3. The first-order valence-electron chi connectivity index (χ1n) is 10.5. The van der Waals surface area contributed by atoms with Crippen molar-refractivity contribution in [2.75, 3.05) is 44.7 Å². The smallest absolute Gasteiger partial charge is 0.323 e. The van der Waals surface area contributed by atoms with Gasteiger partial charge in [0, 0.05) is 51.5 Å². The van der Waals surface area contributed by atoms with Crippen molar-refractivity contribution in [3.05, 3.63) is 23.9 Å². The van der Waals surface area contributed by atoms with Crippen LogP contribution >= 0.6 is 0 Å². The van der Waals surface area contributed by atoms with Crippen LogP contribution in [0.2, 0.25) is 0 Å². The van der Waals surface area contributed by atoms with Gasteiger partial charge in [-0.25, -0.2) is 9.78 Å². The molecule has 2 fully saturated rings. The van der Waals surface area contributed by atoms with Crippen molar-refractivity contribution in [2.24, 2.45) is 5.92 Å². The van der Waals surface area contributed by atoms with Crippen LogP contribution < -0.4 is 5.32 Å². The Bertz CT molecular complexity index is 658. The fourth-order valence-electron chi connectivity index (χ4n) is 3.74. The van der Waals surface area contributed by atoms with Crippen molar-refractivity contribution in [1.29, 1.82) is 0 Å². The summed E-state index contributed by atoms with van der Waals surface area (Å²) in [6, 6.07) is 3.73. The largest absolute Gasteiger partial charge is 0.381 e. The van der Waals surface area contributed by atoms with E-state index in [0.717, 1.165) is 25.7 Å². The number of aromatic nitrogens is 1. The minimum Gasteiger partial charge on any atom is -0.381 e. The molecule has 3 amide bonds. The van der Waals surface area contributed by atoms with Crippen molar-refractivity contribution in [3.8, 4) is 0 Å². The lowest BCUT2D eigenvalue weighted by molar-refractivity contribution is -0.138. The third-order valence-electron chi connectivity index (χ3n) is 5.87. The highest BCUT2D eigenvalue weighted by Crippen LogP contribution is 2.20. The number of ether oxygens (including phenoxy) is 1. The Balaban J connectivity index is 1.51. The Labute approximate surface area is 167 Å². The number of hydrogen-bond acceptors (Lipinski definition) is 4. The standard InChI is InChI=1S/C21H32N4O3/c1-3-16(2)18-5-6-19(22-15-18)23-21(27)25-10-4-9-24(11-12-25)20(26)17-7-13-28-14-8-17/h5-6,15-17H,3-4,7-14H2,1-2H3,(H,22,23,27). The molecule has 0 bridgehead atoms. The molecule has 1 N–H and O–H groups in total. The van der Waals surface area contributed by atoms with Crippen LogP contribution in [0, 0.1) is 5.92 Å². The molecular formula is C21H32N4O3. The Kier molecular flexibility index (Phi) is 7.25. The van der Waals surface area contributed by atoms with E-state index in [1.54, 1.807) is 4.90 Å². The minimum atomic E-state index is -0.149. The Hall–Kier alpha value is -2.15. The zero-order valence-electron chi connectivity index (χ0n) is 17.0. The van der Waals surface area contributed by atoms with Gasteiger partial charge in [-0.05, 0) is 43.2 Å². The van der Waals surface area contributed by atoms with Gasteiger partial charge in [0.2, 0.25) is 5.91 Å². The fraction of sp³-hybridized carbons (Fsp3) is 0.667. The van der Waals surface area contributed by atoms with E-state index in [1.807, 2.05) is 23.2 Å². The number of nitrogens with zero attached hydrogens (tertiary/aromatic N) is 3. The molecule has 0 radical (unpaired) electrons. The van der Waals surface area contributed by atoms with E-state index in [4.69, 9.17) is 4.74 Å². The van der Waals surface area contributed by atoms with Gasteiger partial charge in [-0.2, -0.15) is 0 Å². The number of anilines is 1. The predicted octanol–water partition coefficient (Wildman–Crippen LogP) is 3.09. The zero-order chi connectivity index (χ0) is 19.9. The summed E-state index contributed by atoms with van der Waals surface area (Å²) in [5.74, 6) is 1.31. The van der Waals surface area contributed by atoms with Crippen LogP contribution in [0.3, 0.4) is 0 Å². The van der Waals surface area contributed by atoms with Gasteiger partial charge in [0.25, 0.3) is 0 Å². The topological polar surface area (TPSA) is 74.8 Å². The highest BCUT2D eigenvalue weighted by atomic mass is 16.5. The summed E-state index contributed by atoms with van der Waals surface area (Å²) in [5.41, 5.74) is 1.18. The van der Waals surface area contributed by atoms with Gasteiger partial charge in [-0.15, -0.1) is 0 Å². The summed E-state index contributed by atoms with van der Waals surface area (Å²) in [4.78, 5) is 33.4. The van der Waals surface area contributed by atoms with E-state index >= 15 is 0 Å². The molecule has 28 heavy (non-hydrogen) atoms. The molecule has 154 valence electrons. The van der Waals surface area contributed by atoms with E-state index in [0.29, 0.717) is 51.1 Å². The van der Waals surface area contributed by atoms with Crippen molar-refractivity contribution < 1.29 is 14.3 Å². The van der Waals surface area contributed by atoms with E-state index in [2.05, 4.69) is 24.1 Å². The number of nitrogens with one attached hydrogen (secondary N) is 1. The molecule has 2 aliphatic rings. The normalized spacial score (nSPS) is 19.8. The molecule has 0 aliphatic carbocycles. The van der Waals surface area contributed by atoms with Gasteiger partial charge < -0.3 is 14.5 Å². The van der Waals surface area contributed by atoms with Gasteiger partial charge in [0.05, 0.1) is 0 Å². The van der Waals surface area contributed by atoms with Crippen LogP contribution in [0.15, 0.2) is 18.3 Å². The lowest BCUT2D eigenvalue weighted by atomic mass is 9.98. The monoisotopic (exact) mass is 388 g/mol. The number of pyridine rings is 1. The summed E-state index contributed by atoms with van der Waals surface area (Å²) < 4.78 is 5.36. The summed E-state index contributed by atoms with van der Waals surface area (Å²) in [6.07, 6.45) is 5.29. The first kappa shape index (κ1) is 20.6. The highest BCUT2D eigenvalue weighted by molar-refractivity contribution is 5.88. The quantitative estimate of drug-likeness (QED) is 0.860. The van der Waals surface area contributed by atoms with Gasteiger partial charge >= 0.3 is 6.03 Å². The van der Waals surface area contributed by atoms with E-state index < -0.39 is 0 Å². The molecule has 1 aromatic rings. The fourth-order valence-corrected chi connectivity index (χ4v) is 3.74. The lowest BCUT2D eigenvalue weighted by Crippen LogP contribution is -2.42. The van der Waals surface area contributed by atoms with E-state index in [9.17, 15) is 9.59 Å². The average molecular weight is 389 g/mol. The molecule has 1 unspecified atom stereocenters. The maximum Gasteiger partial charge on any atom is 0.323 e. The molecule has 2 aliphatic heterocycles. The summed E-state index contributed by atoms with van der Waals surface area (Å²) >= 11 is 0. The second kappa shape index (κ2) is 9.87. The molecule has 1 atom stereocenters. The zero-order valence-corrected chi connectivity index (χ0v) is 17.0. The molecule has 2 saturated heterocycles. The first-order valence-corrected chi connectivity index (χ1v) is 10.5. The van der Waals surface area contributed by atoms with Crippen LogP contribution in [0.4, 0.5) is 10.6 Å². The lowest BCUT2D eigenvalue weighted by Gasteiger charge is -2.28. The summed E-state index contributed by atoms with van der Waals surface area (Å²) in [7, 11) is 0. The van der Waals surface area contributed by atoms with Crippen LogP contribution in [0.25, 0.3) is 0 Å². The van der Waals surface area contributed by atoms with Crippen molar-refractivity contribution in [1.82, 2.24) is 14.8 Å². The van der Waals surface area contributed by atoms with E-state index in [1.165, 1.54) is 5.56 Å². The first-order chi connectivity index (χ1) is 13.6. The number of urea groups is 1. The molecule has 7 nitrogen and oxygen atoms in total. The van der Waals surface area contributed by atoms with Crippen LogP contribution in [0.5, 0.6) is 0 Å². The van der Waals surface area contributed by atoms with Crippen LogP contribution in [-0.4, -0.2) is 66.1 Å². The Morgan fingerprint density at radius 1 is 1.18 bits per heavy atom. The average Bonchev–Trinajstić information content (AvgIpc) is 3.00. The SMILES string of the molecule is CCC(C)c1ccc(NC(=O)N2CCCN(C(=O)C3CCOCC3)CC2)nc1. The molecule has 7 heteroatoms. The van der Waals surface area contributed by atoms with Crippen LogP contribution in [-0.2, 0) is 9.53 Å². The molecule has 0 aromatic carbocycles. The molecule has 0 saturated carbocycles. The molecule has 1 aromatic heterocycles. The van der Waals surface area contributed by atoms with Crippen molar-refractivity contribution in [2.45, 2.75) is 45.4 Å². The summed E-state index contributed by atoms with van der Waals surface area (Å²) in [6.45, 7) is 8.14. The molecular weight excluding hydrogens is 356 g/mol. The predicted molar refractivity (Wildman–Crippen MR) is 108 cm³/mol. The maximum atomic E-state index is 12.7. The Morgan fingerprint density at radius 3 is 2.57 bits per heavy atom. The number of hydrogen-bond donors (Lipinski definition) is 1. The van der Waals surface area contributed by atoms with Crippen molar-refractivity contribution >= 4 is 17.8 Å². The molecule has 0 spiro atoms. The van der Waals surface area contributed by atoms with Gasteiger partial charge in [-0.3, -0.25) is 10.1 Å². The van der Waals surface area contributed by atoms with E-state index in [-0.39, 0.29) is 17.9 Å². The minimum absolute atomic E-state index is 0.0716. The number of rotatable bonds is 4. The third-order valence-corrected chi connectivity index (χ3v) is 5.87. The maximum absolute atomic E-state index is 12.7. The van der Waals surface area contributed by atoms with Gasteiger partial charge in [-0.1, -0.05) is 19.9 Å². The van der Waals surface area contributed by atoms with Gasteiger partial charge in [0.1, 0.15) is 5.82 Å². The summed E-state index contributed by atoms with van der Waals surface area (Å²) in [5, 5.41) is 2.89. The van der Waals surface area contributed by atoms with Crippen LogP contribution in [0.1, 0.15) is 51.0 Å². The third kappa shape index (κ3) is 5.22. The second-order valence-corrected chi connectivity index (χ2v) is 7.77. The molecule has 3 rings (SSSR count). The van der Waals surface area contributed by atoms with Crippen molar-refractivity contribution in [3.63, 3.8) is 0 Å². The Morgan fingerprint density at radius 2 is 1.89 bits per heavy atom. The highest BCUT2D eigenvalue weighted by Gasteiger charge is 2.28. The van der Waals surface area contributed by atoms with Gasteiger partial charge in [0.15, 0.2) is 0 Å². The second-order valence-electron chi connectivity index (χ2n) is 7.77. The molecule has 3 heterocycles. The number of carbonyl (C=O) groups excluding carboxylic acids is 2. The number of carbonyl (C=O) groups is 2.